The van der Waals surface area contributed by atoms with E-state index in [4.69, 9.17) is 10.8 Å². The monoisotopic (exact) mass is 242 g/mol. The van der Waals surface area contributed by atoms with Crippen molar-refractivity contribution in [1.82, 2.24) is 4.90 Å². The number of rotatable bonds is 7. The second-order valence-electron chi connectivity index (χ2n) is 4.42. The number of aliphatic hydroxyl groups is 1. The Morgan fingerprint density at radius 2 is 1.81 bits per heavy atom. The van der Waals surface area contributed by atoms with Gasteiger partial charge in [0.25, 0.3) is 0 Å². The molecule has 0 aromatic rings. The molecule has 0 saturated carbocycles. The number of hydrogen-bond donors (Lipinski definition) is 2. The van der Waals surface area contributed by atoms with Gasteiger partial charge in [-0.25, -0.2) is 0 Å². The van der Waals surface area contributed by atoms with Crippen LogP contribution < -0.4 is 5.73 Å². The van der Waals surface area contributed by atoms with Crippen molar-refractivity contribution < 1.29 is 18.3 Å². The fraction of sp³-hybridized carbons (Fsp3) is 1.00. The van der Waals surface area contributed by atoms with Gasteiger partial charge in [0, 0.05) is 13.1 Å². The van der Waals surface area contributed by atoms with Gasteiger partial charge >= 0.3 is 6.18 Å². The number of hydrogen-bond acceptors (Lipinski definition) is 3. The van der Waals surface area contributed by atoms with Crippen molar-refractivity contribution in [3.63, 3.8) is 0 Å². The maximum Gasteiger partial charge on any atom is 0.401 e. The standard InChI is InChI=1S/C10H21F3N2O/c1-3-9(2,6-14)7-15(4-5-16)8-10(11,12)13/h16H,3-8,14H2,1-2H3. The Morgan fingerprint density at radius 3 is 2.12 bits per heavy atom. The number of nitrogens with two attached hydrogens (primary N) is 1. The molecule has 0 saturated heterocycles. The van der Waals surface area contributed by atoms with E-state index < -0.39 is 12.7 Å². The van der Waals surface area contributed by atoms with Crippen molar-refractivity contribution in [3.05, 3.63) is 0 Å². The van der Waals surface area contributed by atoms with Crippen LogP contribution in [0.4, 0.5) is 13.2 Å². The minimum atomic E-state index is -4.24. The highest BCUT2D eigenvalue weighted by Crippen LogP contribution is 2.23. The minimum absolute atomic E-state index is 0.0229. The average molecular weight is 242 g/mol. The maximum atomic E-state index is 12.3. The molecule has 0 radical (unpaired) electrons. The molecule has 0 aromatic heterocycles. The summed E-state index contributed by atoms with van der Waals surface area (Å²) in [6.45, 7) is 3.09. The van der Waals surface area contributed by atoms with E-state index in [0.29, 0.717) is 13.0 Å². The lowest BCUT2D eigenvalue weighted by atomic mass is 9.87. The summed E-state index contributed by atoms with van der Waals surface area (Å²) in [5, 5.41) is 8.74. The molecule has 0 aliphatic heterocycles. The molecule has 6 heteroatoms. The first-order valence-corrected chi connectivity index (χ1v) is 5.36. The molecule has 1 atom stereocenters. The molecular formula is C10H21F3N2O. The molecule has 1 unspecified atom stereocenters. The van der Waals surface area contributed by atoms with E-state index in [1.165, 1.54) is 4.90 Å². The van der Waals surface area contributed by atoms with Gasteiger partial charge in [-0.2, -0.15) is 13.2 Å². The van der Waals surface area contributed by atoms with E-state index in [-0.39, 0.29) is 25.1 Å². The molecule has 0 aliphatic rings. The van der Waals surface area contributed by atoms with Crippen molar-refractivity contribution in [2.24, 2.45) is 11.1 Å². The van der Waals surface area contributed by atoms with Crippen LogP contribution in [0.2, 0.25) is 0 Å². The Morgan fingerprint density at radius 1 is 1.25 bits per heavy atom. The van der Waals surface area contributed by atoms with Gasteiger partial charge in [-0.15, -0.1) is 0 Å². The van der Waals surface area contributed by atoms with Crippen LogP contribution in [0.1, 0.15) is 20.3 Å². The molecule has 0 amide bonds. The molecule has 0 spiro atoms. The predicted octanol–water partition coefficient (Wildman–Crippen LogP) is 1.22. The summed E-state index contributed by atoms with van der Waals surface area (Å²) in [4.78, 5) is 1.20. The average Bonchev–Trinajstić information content (AvgIpc) is 2.15. The topological polar surface area (TPSA) is 49.5 Å². The highest BCUT2D eigenvalue weighted by molar-refractivity contribution is 4.79. The predicted molar refractivity (Wildman–Crippen MR) is 57.0 cm³/mol. The molecule has 16 heavy (non-hydrogen) atoms. The van der Waals surface area contributed by atoms with Crippen LogP contribution in [0.15, 0.2) is 0 Å². The van der Waals surface area contributed by atoms with Crippen LogP contribution in [0.5, 0.6) is 0 Å². The normalized spacial score (nSPS) is 16.5. The van der Waals surface area contributed by atoms with Gasteiger partial charge in [-0.05, 0) is 18.4 Å². The summed E-state index contributed by atoms with van der Waals surface area (Å²) in [6, 6.07) is 0. The number of aliphatic hydroxyl groups excluding tert-OH is 1. The molecule has 98 valence electrons. The molecule has 3 nitrogen and oxygen atoms in total. The van der Waals surface area contributed by atoms with Gasteiger partial charge in [-0.3, -0.25) is 4.90 Å². The lowest BCUT2D eigenvalue weighted by Gasteiger charge is -2.34. The van der Waals surface area contributed by atoms with Crippen LogP contribution >= 0.6 is 0 Å². The largest absolute Gasteiger partial charge is 0.401 e. The van der Waals surface area contributed by atoms with E-state index in [1.54, 1.807) is 0 Å². The Hall–Kier alpha value is -0.330. The summed E-state index contributed by atoms with van der Waals surface area (Å²) in [5.41, 5.74) is 5.22. The van der Waals surface area contributed by atoms with Crippen LogP contribution in [0.3, 0.4) is 0 Å². The fourth-order valence-electron chi connectivity index (χ4n) is 1.47. The zero-order valence-electron chi connectivity index (χ0n) is 9.85. The molecule has 0 fully saturated rings. The van der Waals surface area contributed by atoms with E-state index in [2.05, 4.69) is 0 Å². The third-order valence-electron chi connectivity index (χ3n) is 2.77. The van der Waals surface area contributed by atoms with Gasteiger partial charge in [0.05, 0.1) is 13.2 Å². The first-order chi connectivity index (χ1) is 7.26. The van der Waals surface area contributed by atoms with Gasteiger partial charge in [0.1, 0.15) is 0 Å². The molecule has 0 rings (SSSR count). The van der Waals surface area contributed by atoms with E-state index >= 15 is 0 Å². The fourth-order valence-corrected chi connectivity index (χ4v) is 1.47. The lowest BCUT2D eigenvalue weighted by molar-refractivity contribution is -0.149. The molecule has 0 aliphatic carbocycles. The van der Waals surface area contributed by atoms with Gasteiger partial charge in [-0.1, -0.05) is 13.8 Å². The van der Waals surface area contributed by atoms with E-state index in [0.717, 1.165) is 0 Å². The Balaban J connectivity index is 4.43. The van der Waals surface area contributed by atoms with Gasteiger partial charge in [0.2, 0.25) is 0 Å². The Kier molecular flexibility index (Phi) is 6.28. The minimum Gasteiger partial charge on any atom is -0.395 e. The molecule has 3 N–H and O–H groups in total. The first kappa shape index (κ1) is 15.7. The second kappa shape index (κ2) is 6.42. The third kappa shape index (κ3) is 6.30. The van der Waals surface area contributed by atoms with E-state index in [1.807, 2.05) is 13.8 Å². The van der Waals surface area contributed by atoms with Crippen molar-refractivity contribution in [1.29, 1.82) is 0 Å². The molecular weight excluding hydrogens is 221 g/mol. The van der Waals surface area contributed by atoms with Crippen LogP contribution in [-0.4, -0.2) is 49.0 Å². The second-order valence-corrected chi connectivity index (χ2v) is 4.42. The summed E-state index contributed by atoms with van der Waals surface area (Å²) in [7, 11) is 0. The zero-order chi connectivity index (χ0) is 12.8. The number of nitrogens with zero attached hydrogens (tertiary/aromatic N) is 1. The summed E-state index contributed by atoms with van der Waals surface area (Å²) < 4.78 is 36.8. The Bertz CT molecular complexity index is 193. The highest BCUT2D eigenvalue weighted by Gasteiger charge is 2.33. The quantitative estimate of drug-likeness (QED) is 0.705. The molecule has 0 bridgehead atoms. The molecule has 0 heterocycles. The van der Waals surface area contributed by atoms with Crippen molar-refractivity contribution in [3.8, 4) is 0 Å². The lowest BCUT2D eigenvalue weighted by Crippen LogP contribution is -2.45. The van der Waals surface area contributed by atoms with Crippen molar-refractivity contribution in [2.75, 3.05) is 32.8 Å². The SMILES string of the molecule is CCC(C)(CN)CN(CCO)CC(F)(F)F. The van der Waals surface area contributed by atoms with Crippen LogP contribution in [-0.2, 0) is 0 Å². The Labute approximate surface area is 94.4 Å². The molecule has 0 aromatic carbocycles. The van der Waals surface area contributed by atoms with Crippen molar-refractivity contribution in [2.45, 2.75) is 26.4 Å². The van der Waals surface area contributed by atoms with Crippen LogP contribution in [0.25, 0.3) is 0 Å². The van der Waals surface area contributed by atoms with Crippen LogP contribution in [0, 0.1) is 5.41 Å². The number of alkyl halides is 3. The van der Waals surface area contributed by atoms with Crippen molar-refractivity contribution >= 4 is 0 Å². The number of halogens is 3. The maximum absolute atomic E-state index is 12.3. The van der Waals surface area contributed by atoms with Gasteiger partial charge in [0.15, 0.2) is 0 Å². The van der Waals surface area contributed by atoms with Gasteiger partial charge < -0.3 is 10.8 Å². The zero-order valence-corrected chi connectivity index (χ0v) is 9.85. The third-order valence-corrected chi connectivity index (χ3v) is 2.77. The smallest absolute Gasteiger partial charge is 0.395 e. The first-order valence-electron chi connectivity index (χ1n) is 5.36. The summed E-state index contributed by atoms with van der Waals surface area (Å²) in [6.07, 6.45) is -3.53. The van der Waals surface area contributed by atoms with E-state index in [9.17, 15) is 13.2 Å². The highest BCUT2D eigenvalue weighted by atomic mass is 19.4. The summed E-state index contributed by atoms with van der Waals surface area (Å²) in [5.74, 6) is 0. The summed E-state index contributed by atoms with van der Waals surface area (Å²) >= 11 is 0.